The number of hydrogen-bond acceptors (Lipinski definition) is 3. The van der Waals surface area contributed by atoms with Crippen LogP contribution in [0.3, 0.4) is 0 Å². The van der Waals surface area contributed by atoms with Gasteiger partial charge in [0.15, 0.2) is 0 Å². The number of ketones is 1. The van der Waals surface area contributed by atoms with Gasteiger partial charge in [-0.15, -0.1) is 0 Å². The minimum absolute atomic E-state index is 0.0368. The number of carbonyl (C=O) groups excluding carboxylic acids is 2. The molecule has 0 aliphatic carbocycles. The monoisotopic (exact) mass is 243 g/mol. The quantitative estimate of drug-likeness (QED) is 0.674. The molecule has 5 nitrogen and oxygen atoms in total. The Morgan fingerprint density at radius 2 is 1.76 bits per heavy atom. The van der Waals surface area contributed by atoms with Crippen molar-refractivity contribution in [1.29, 1.82) is 0 Å². The molecule has 0 saturated carbocycles. The molecule has 0 aliphatic rings. The lowest BCUT2D eigenvalue weighted by atomic mass is 10.0. The van der Waals surface area contributed by atoms with Crippen molar-refractivity contribution in [2.24, 2.45) is 5.92 Å². The molecule has 1 atom stereocenters. The molecular formula is C12H21NO4. The molecule has 0 rings (SSSR count). The van der Waals surface area contributed by atoms with Gasteiger partial charge in [0.1, 0.15) is 11.8 Å². The van der Waals surface area contributed by atoms with Crippen molar-refractivity contribution in [3.63, 3.8) is 0 Å². The number of carboxylic acid groups (broad SMARTS) is 1. The van der Waals surface area contributed by atoms with Crippen LogP contribution in [0.25, 0.3) is 0 Å². The van der Waals surface area contributed by atoms with Gasteiger partial charge < -0.3 is 15.2 Å². The molecule has 0 heterocycles. The van der Waals surface area contributed by atoms with Crippen LogP contribution in [0.1, 0.15) is 46.5 Å². The van der Waals surface area contributed by atoms with E-state index in [1.165, 1.54) is 6.92 Å². The topological polar surface area (TPSA) is 83.5 Å². The fraction of sp³-hybridized carbons (Fsp3) is 0.750. The Balaban J connectivity index is 4.04. The maximum absolute atomic E-state index is 11.4. The molecule has 0 spiro atoms. The molecule has 2 N–H and O–H groups in total. The first-order chi connectivity index (χ1) is 7.82. The molecule has 1 unspecified atom stereocenters. The number of aliphatic carboxylic acids is 1. The molecule has 0 fully saturated rings. The van der Waals surface area contributed by atoms with E-state index < -0.39 is 12.0 Å². The maximum atomic E-state index is 11.4. The van der Waals surface area contributed by atoms with E-state index in [-0.39, 0.29) is 24.0 Å². The van der Waals surface area contributed by atoms with Gasteiger partial charge in [0.25, 0.3) is 0 Å². The average Bonchev–Trinajstić information content (AvgIpc) is 2.15. The summed E-state index contributed by atoms with van der Waals surface area (Å²) in [4.78, 5) is 33.0. The van der Waals surface area contributed by atoms with E-state index in [2.05, 4.69) is 5.32 Å². The molecule has 0 aromatic carbocycles. The summed E-state index contributed by atoms with van der Waals surface area (Å²) in [5.74, 6) is -1.08. The van der Waals surface area contributed by atoms with E-state index in [0.717, 1.165) is 0 Å². The first kappa shape index (κ1) is 15.6. The Labute approximate surface area is 102 Å². The first-order valence-electron chi connectivity index (χ1n) is 5.84. The number of hydrogen-bond donors (Lipinski definition) is 2. The predicted octanol–water partition coefficient (Wildman–Crippen LogP) is 1.36. The zero-order valence-corrected chi connectivity index (χ0v) is 10.7. The molecule has 0 saturated heterocycles. The lowest BCUT2D eigenvalue weighted by Gasteiger charge is -2.16. The van der Waals surface area contributed by atoms with Crippen LogP contribution in [0.15, 0.2) is 0 Å². The van der Waals surface area contributed by atoms with Crippen LogP contribution in [-0.4, -0.2) is 28.8 Å². The number of amides is 1. The van der Waals surface area contributed by atoms with E-state index in [4.69, 9.17) is 5.11 Å². The molecule has 0 aromatic heterocycles. The van der Waals surface area contributed by atoms with Crippen LogP contribution in [0.4, 0.5) is 0 Å². The zero-order chi connectivity index (χ0) is 13.4. The van der Waals surface area contributed by atoms with Gasteiger partial charge in [0, 0.05) is 12.8 Å². The second-order valence-electron chi connectivity index (χ2n) is 4.64. The molecular weight excluding hydrogens is 222 g/mol. The number of carboxylic acids is 1. The second kappa shape index (κ2) is 7.81. The number of rotatable bonds is 8. The molecule has 1 amide bonds. The molecule has 0 aromatic rings. The minimum atomic E-state index is -1.02. The fourth-order valence-electron chi connectivity index (χ4n) is 1.46. The summed E-state index contributed by atoms with van der Waals surface area (Å²) >= 11 is 0. The first-order valence-corrected chi connectivity index (χ1v) is 5.84. The Hall–Kier alpha value is -1.39. The van der Waals surface area contributed by atoms with Crippen molar-refractivity contribution >= 4 is 17.7 Å². The summed E-state index contributed by atoms with van der Waals surface area (Å²) in [5.41, 5.74) is 0. The Bertz CT molecular complexity index is 286. The highest BCUT2D eigenvalue weighted by molar-refractivity contribution is 5.84. The van der Waals surface area contributed by atoms with E-state index in [9.17, 15) is 14.4 Å². The van der Waals surface area contributed by atoms with Crippen LogP contribution < -0.4 is 5.32 Å². The van der Waals surface area contributed by atoms with Gasteiger partial charge in [-0.25, -0.2) is 4.79 Å². The van der Waals surface area contributed by atoms with E-state index in [0.29, 0.717) is 19.3 Å². The Morgan fingerprint density at radius 3 is 2.18 bits per heavy atom. The van der Waals surface area contributed by atoms with Crippen molar-refractivity contribution < 1.29 is 19.5 Å². The van der Waals surface area contributed by atoms with Crippen molar-refractivity contribution in [3.05, 3.63) is 0 Å². The fourth-order valence-corrected chi connectivity index (χ4v) is 1.46. The smallest absolute Gasteiger partial charge is 0.326 e. The third-order valence-corrected chi connectivity index (χ3v) is 2.27. The summed E-state index contributed by atoms with van der Waals surface area (Å²) in [6.07, 6.45) is 1.43. The van der Waals surface area contributed by atoms with Crippen molar-refractivity contribution in [2.75, 3.05) is 0 Å². The molecule has 98 valence electrons. The Kier molecular flexibility index (Phi) is 7.18. The van der Waals surface area contributed by atoms with Gasteiger partial charge in [0.2, 0.25) is 5.91 Å². The van der Waals surface area contributed by atoms with Crippen LogP contribution in [0, 0.1) is 5.92 Å². The van der Waals surface area contributed by atoms with Crippen LogP contribution >= 0.6 is 0 Å². The average molecular weight is 243 g/mol. The number of Topliss-reactive ketones (excluding diaryl/α,β-unsaturated/α-hetero) is 1. The molecule has 5 heteroatoms. The summed E-state index contributed by atoms with van der Waals surface area (Å²) in [6, 6.07) is -0.833. The number of carbonyl (C=O) groups is 3. The van der Waals surface area contributed by atoms with Crippen molar-refractivity contribution in [3.8, 4) is 0 Å². The van der Waals surface area contributed by atoms with Gasteiger partial charge in [-0.2, -0.15) is 0 Å². The normalized spacial score (nSPS) is 12.2. The van der Waals surface area contributed by atoms with Crippen molar-refractivity contribution in [1.82, 2.24) is 5.32 Å². The lowest BCUT2D eigenvalue weighted by molar-refractivity contribution is -0.142. The summed E-state index contributed by atoms with van der Waals surface area (Å²) in [7, 11) is 0. The van der Waals surface area contributed by atoms with Crippen LogP contribution in [0.5, 0.6) is 0 Å². The standard InChI is InChI=1S/C12H21NO4/c1-8(2)7-10(12(16)17)13-11(15)6-4-5-9(3)14/h8,10H,4-7H2,1-3H3,(H,13,15)(H,16,17). The van der Waals surface area contributed by atoms with Gasteiger partial charge in [-0.3, -0.25) is 4.79 Å². The summed E-state index contributed by atoms with van der Waals surface area (Å²) in [6.45, 7) is 5.27. The molecule has 17 heavy (non-hydrogen) atoms. The molecule has 0 aliphatic heterocycles. The summed E-state index contributed by atoms with van der Waals surface area (Å²) in [5, 5.41) is 11.4. The number of nitrogens with one attached hydrogen (secondary N) is 1. The predicted molar refractivity (Wildman–Crippen MR) is 63.6 cm³/mol. The Morgan fingerprint density at radius 1 is 1.18 bits per heavy atom. The van der Waals surface area contributed by atoms with Gasteiger partial charge in [-0.05, 0) is 25.7 Å². The maximum Gasteiger partial charge on any atom is 0.326 e. The zero-order valence-electron chi connectivity index (χ0n) is 10.7. The summed E-state index contributed by atoms with van der Waals surface area (Å²) < 4.78 is 0. The minimum Gasteiger partial charge on any atom is -0.480 e. The third-order valence-electron chi connectivity index (χ3n) is 2.27. The van der Waals surface area contributed by atoms with Crippen molar-refractivity contribution in [2.45, 2.75) is 52.5 Å². The second-order valence-corrected chi connectivity index (χ2v) is 4.64. The van der Waals surface area contributed by atoms with Crippen LogP contribution in [-0.2, 0) is 14.4 Å². The highest BCUT2D eigenvalue weighted by Gasteiger charge is 2.20. The van der Waals surface area contributed by atoms with Gasteiger partial charge in [0.05, 0.1) is 0 Å². The van der Waals surface area contributed by atoms with Gasteiger partial charge >= 0.3 is 5.97 Å². The van der Waals surface area contributed by atoms with Crippen LogP contribution in [0.2, 0.25) is 0 Å². The highest BCUT2D eigenvalue weighted by Crippen LogP contribution is 2.06. The SMILES string of the molecule is CC(=O)CCCC(=O)NC(CC(C)C)C(=O)O. The van der Waals surface area contributed by atoms with E-state index in [1.807, 2.05) is 13.8 Å². The van der Waals surface area contributed by atoms with E-state index in [1.54, 1.807) is 0 Å². The molecule has 0 bridgehead atoms. The highest BCUT2D eigenvalue weighted by atomic mass is 16.4. The lowest BCUT2D eigenvalue weighted by Crippen LogP contribution is -2.41. The molecule has 0 radical (unpaired) electrons. The largest absolute Gasteiger partial charge is 0.480 e. The third kappa shape index (κ3) is 8.42. The van der Waals surface area contributed by atoms with E-state index >= 15 is 0 Å². The van der Waals surface area contributed by atoms with Gasteiger partial charge in [-0.1, -0.05) is 13.8 Å².